The third kappa shape index (κ3) is 1.93. The second-order valence-electron chi connectivity index (χ2n) is 5.27. The molecule has 0 saturated heterocycles. The van der Waals surface area contributed by atoms with Crippen LogP contribution in [-0.2, 0) is 0 Å². The van der Waals surface area contributed by atoms with Crippen molar-refractivity contribution in [3.8, 4) is 16.9 Å². The molecule has 0 spiro atoms. The zero-order valence-electron chi connectivity index (χ0n) is 12.6. The number of rotatable bonds is 2. The lowest BCUT2D eigenvalue weighted by atomic mass is 9.99. The predicted molar refractivity (Wildman–Crippen MR) is 88.4 cm³/mol. The Morgan fingerprint density at radius 1 is 1.29 bits per heavy atom. The highest BCUT2D eigenvalue weighted by Gasteiger charge is 2.18. The summed E-state index contributed by atoms with van der Waals surface area (Å²) in [6, 6.07) is 4.51. The minimum Gasteiger partial charge on any atom is -0.495 e. The van der Waals surface area contributed by atoms with Crippen molar-refractivity contribution in [3.05, 3.63) is 46.8 Å². The summed E-state index contributed by atoms with van der Waals surface area (Å²) in [5, 5.41) is 7.00. The van der Waals surface area contributed by atoms with E-state index in [0.29, 0.717) is 33.3 Å². The Hall–Kier alpha value is -3.42. The summed E-state index contributed by atoms with van der Waals surface area (Å²) in [4.78, 5) is 19.2. The van der Waals surface area contributed by atoms with E-state index in [-0.39, 0.29) is 11.2 Å². The number of benzene rings is 1. The molecule has 0 fully saturated rings. The molecule has 0 unspecified atom stereocenters. The lowest BCUT2D eigenvalue weighted by Gasteiger charge is -2.11. The van der Waals surface area contributed by atoms with Gasteiger partial charge in [-0.1, -0.05) is 6.07 Å². The highest BCUT2D eigenvalue weighted by atomic mass is 19.1. The maximum atomic E-state index is 13.9. The smallest absolute Gasteiger partial charge is 0.272 e. The Bertz CT molecular complexity index is 1150. The summed E-state index contributed by atoms with van der Waals surface area (Å²) in [7, 11) is 1.51. The van der Waals surface area contributed by atoms with Crippen LogP contribution in [0.15, 0.2) is 35.4 Å². The summed E-state index contributed by atoms with van der Waals surface area (Å²) < 4.78 is 19.0. The number of pyridine rings is 2. The number of methoxy groups -OCH3 is 1. The molecule has 120 valence electrons. The van der Waals surface area contributed by atoms with Gasteiger partial charge in [0.15, 0.2) is 0 Å². The second-order valence-corrected chi connectivity index (χ2v) is 5.27. The second kappa shape index (κ2) is 5.05. The van der Waals surface area contributed by atoms with Crippen LogP contribution in [0.4, 0.5) is 10.1 Å². The van der Waals surface area contributed by atoms with Crippen molar-refractivity contribution < 1.29 is 9.13 Å². The van der Waals surface area contributed by atoms with E-state index < -0.39 is 11.4 Å². The van der Waals surface area contributed by atoms with Gasteiger partial charge in [-0.3, -0.25) is 14.9 Å². The first-order valence-corrected chi connectivity index (χ1v) is 7.07. The largest absolute Gasteiger partial charge is 0.495 e. The van der Waals surface area contributed by atoms with Crippen molar-refractivity contribution in [2.24, 2.45) is 0 Å². The molecule has 3 aromatic heterocycles. The van der Waals surface area contributed by atoms with Gasteiger partial charge in [-0.25, -0.2) is 4.39 Å². The number of halogens is 1. The van der Waals surface area contributed by atoms with Crippen molar-refractivity contribution in [1.82, 2.24) is 20.2 Å². The van der Waals surface area contributed by atoms with Crippen molar-refractivity contribution in [3.63, 3.8) is 0 Å². The van der Waals surface area contributed by atoms with Gasteiger partial charge in [0, 0.05) is 17.0 Å². The van der Waals surface area contributed by atoms with Crippen LogP contribution in [0.1, 0.15) is 0 Å². The molecule has 0 saturated carbocycles. The van der Waals surface area contributed by atoms with Crippen LogP contribution < -0.4 is 16.0 Å². The number of H-pyrrole nitrogens is 2. The third-order valence-electron chi connectivity index (χ3n) is 3.93. The number of nitrogen functional groups attached to an aromatic ring is 1. The standard InChI is InChI=1S/C16H12FN5O2/c1-24-7-4-11-15(19-5-7)12(13(18)16(23)21-11)8-2-3-10(17)14-9(8)6-20-22-14/h2-6H,18H2,1H3,(H,20,22)(H,21,23). The number of ether oxygens (including phenoxy) is 1. The van der Waals surface area contributed by atoms with E-state index in [1.165, 1.54) is 25.6 Å². The van der Waals surface area contributed by atoms with Crippen LogP contribution in [0, 0.1) is 5.82 Å². The molecule has 8 heteroatoms. The fourth-order valence-electron chi connectivity index (χ4n) is 2.78. The van der Waals surface area contributed by atoms with Crippen LogP contribution in [0.2, 0.25) is 0 Å². The topological polar surface area (TPSA) is 110 Å². The molecule has 4 rings (SSSR count). The quantitative estimate of drug-likeness (QED) is 0.523. The molecule has 0 radical (unpaired) electrons. The van der Waals surface area contributed by atoms with Gasteiger partial charge in [0.1, 0.15) is 22.8 Å². The number of nitrogens with one attached hydrogen (secondary N) is 2. The van der Waals surface area contributed by atoms with Gasteiger partial charge in [0.2, 0.25) is 0 Å². The average molecular weight is 325 g/mol. The minimum absolute atomic E-state index is 0.00859. The molecular formula is C16H12FN5O2. The summed E-state index contributed by atoms with van der Waals surface area (Å²) in [6.07, 6.45) is 3.02. The van der Waals surface area contributed by atoms with Crippen molar-refractivity contribution >= 4 is 27.6 Å². The van der Waals surface area contributed by atoms with Crippen LogP contribution in [-0.4, -0.2) is 27.3 Å². The molecule has 1 aromatic carbocycles. The van der Waals surface area contributed by atoms with Gasteiger partial charge in [0.25, 0.3) is 5.56 Å². The molecule has 0 aliphatic heterocycles. The average Bonchev–Trinajstić information content (AvgIpc) is 3.07. The molecule has 0 amide bonds. The Labute approximate surface area is 134 Å². The number of aromatic nitrogens is 4. The molecule has 0 aliphatic rings. The molecular weight excluding hydrogens is 313 g/mol. The van der Waals surface area contributed by atoms with Crippen LogP contribution in [0.3, 0.4) is 0 Å². The summed E-state index contributed by atoms with van der Waals surface area (Å²) in [5.74, 6) is 0.0648. The van der Waals surface area contributed by atoms with Gasteiger partial charge >= 0.3 is 0 Å². The molecule has 0 atom stereocenters. The number of nitrogens with zero attached hydrogens (tertiary/aromatic N) is 2. The molecule has 0 aliphatic carbocycles. The Morgan fingerprint density at radius 2 is 2.12 bits per heavy atom. The number of nitrogens with two attached hydrogens (primary N) is 1. The Kier molecular flexibility index (Phi) is 2.99. The number of fused-ring (bicyclic) bond motifs is 2. The first kappa shape index (κ1) is 14.2. The highest BCUT2D eigenvalue weighted by Crippen LogP contribution is 2.35. The Balaban J connectivity index is 2.15. The maximum Gasteiger partial charge on any atom is 0.272 e. The fourth-order valence-corrected chi connectivity index (χ4v) is 2.78. The maximum absolute atomic E-state index is 13.9. The van der Waals surface area contributed by atoms with E-state index >= 15 is 0 Å². The van der Waals surface area contributed by atoms with E-state index in [9.17, 15) is 9.18 Å². The first-order valence-electron chi connectivity index (χ1n) is 7.07. The van der Waals surface area contributed by atoms with Crippen molar-refractivity contribution in [1.29, 1.82) is 0 Å². The lowest BCUT2D eigenvalue weighted by molar-refractivity contribution is 0.413. The lowest BCUT2D eigenvalue weighted by Crippen LogP contribution is -2.14. The molecule has 24 heavy (non-hydrogen) atoms. The molecule has 7 nitrogen and oxygen atoms in total. The normalized spacial score (nSPS) is 11.2. The first-order chi connectivity index (χ1) is 11.6. The van der Waals surface area contributed by atoms with Crippen LogP contribution in [0.5, 0.6) is 5.75 Å². The molecule has 4 aromatic rings. The molecule has 0 bridgehead atoms. The van der Waals surface area contributed by atoms with Crippen LogP contribution >= 0.6 is 0 Å². The van der Waals surface area contributed by atoms with Gasteiger partial charge in [-0.05, 0) is 11.6 Å². The zero-order chi connectivity index (χ0) is 16.8. The van der Waals surface area contributed by atoms with Crippen LogP contribution in [0.25, 0.3) is 33.1 Å². The molecule has 4 N–H and O–H groups in total. The zero-order valence-corrected chi connectivity index (χ0v) is 12.6. The number of aromatic amines is 2. The summed E-state index contributed by atoms with van der Waals surface area (Å²) in [5.41, 5.74) is 7.79. The van der Waals surface area contributed by atoms with Gasteiger partial charge in [-0.2, -0.15) is 5.10 Å². The predicted octanol–water partition coefficient (Wildman–Crippen LogP) is 2.20. The van der Waals surface area contributed by atoms with Crippen molar-refractivity contribution in [2.45, 2.75) is 0 Å². The number of hydrogen-bond acceptors (Lipinski definition) is 5. The highest BCUT2D eigenvalue weighted by molar-refractivity contribution is 6.06. The fraction of sp³-hybridized carbons (Fsp3) is 0.0625. The van der Waals surface area contributed by atoms with E-state index in [1.807, 2.05) is 0 Å². The summed E-state index contributed by atoms with van der Waals surface area (Å²) >= 11 is 0. The minimum atomic E-state index is -0.450. The SMILES string of the molecule is COc1cnc2c(-c3ccc(F)c4[nH]ncc34)c(N)c(=O)[nH]c2c1. The Morgan fingerprint density at radius 3 is 2.92 bits per heavy atom. The van der Waals surface area contributed by atoms with E-state index in [1.54, 1.807) is 12.1 Å². The number of anilines is 1. The van der Waals surface area contributed by atoms with E-state index in [0.717, 1.165) is 0 Å². The van der Waals surface area contributed by atoms with Gasteiger partial charge in [-0.15, -0.1) is 0 Å². The van der Waals surface area contributed by atoms with E-state index in [2.05, 4.69) is 20.2 Å². The third-order valence-corrected chi connectivity index (χ3v) is 3.93. The van der Waals surface area contributed by atoms with E-state index in [4.69, 9.17) is 10.5 Å². The number of hydrogen-bond donors (Lipinski definition) is 3. The molecule has 3 heterocycles. The monoisotopic (exact) mass is 325 g/mol. The van der Waals surface area contributed by atoms with Crippen molar-refractivity contribution in [2.75, 3.05) is 12.8 Å². The summed E-state index contributed by atoms with van der Waals surface area (Å²) in [6.45, 7) is 0. The van der Waals surface area contributed by atoms with Gasteiger partial charge in [0.05, 0.1) is 30.5 Å². The van der Waals surface area contributed by atoms with Gasteiger partial charge < -0.3 is 15.5 Å².